The number of nitrogens with one attached hydrogen (secondary N) is 1. The van der Waals surface area contributed by atoms with Crippen molar-refractivity contribution in [1.29, 1.82) is 0 Å². The number of aliphatic hydroxyl groups is 3. The van der Waals surface area contributed by atoms with Crippen LogP contribution in [-0.2, 0) is 6.54 Å². The molecule has 0 saturated carbocycles. The fourth-order valence-electron chi connectivity index (χ4n) is 3.42. The number of ether oxygens (including phenoxy) is 2. The molecule has 7 nitrogen and oxygen atoms in total. The lowest BCUT2D eigenvalue weighted by atomic mass is 10.1. The predicted octanol–water partition coefficient (Wildman–Crippen LogP) is 1.14. The number of benzene rings is 1. The Morgan fingerprint density at radius 3 is 2.39 bits per heavy atom. The third-order valence-electron chi connectivity index (χ3n) is 5.15. The highest BCUT2D eigenvalue weighted by molar-refractivity contribution is 5.40. The third-order valence-corrected chi connectivity index (χ3v) is 5.15. The Kier molecular flexibility index (Phi) is 10.6. The second kappa shape index (κ2) is 13.0. The van der Waals surface area contributed by atoms with Crippen molar-refractivity contribution in [3.63, 3.8) is 0 Å². The van der Waals surface area contributed by atoms with E-state index in [1.807, 2.05) is 12.1 Å². The molecular weight excluding hydrogens is 360 g/mol. The third kappa shape index (κ3) is 7.93. The number of hydrogen-bond donors (Lipinski definition) is 4. The van der Waals surface area contributed by atoms with Crippen molar-refractivity contribution in [3.8, 4) is 11.5 Å². The maximum Gasteiger partial charge on any atom is 0.127 e. The zero-order valence-electron chi connectivity index (χ0n) is 17.0. The van der Waals surface area contributed by atoms with Crippen molar-refractivity contribution >= 4 is 0 Å². The number of hydrogen-bond acceptors (Lipinski definition) is 7. The van der Waals surface area contributed by atoms with Gasteiger partial charge < -0.3 is 35.0 Å². The molecule has 1 aliphatic heterocycles. The fraction of sp³-hybridized carbons (Fsp3) is 0.714. The maximum atomic E-state index is 10.5. The molecule has 1 atom stereocenters. The first-order valence-corrected chi connectivity index (χ1v) is 10.3. The molecule has 0 radical (unpaired) electrons. The van der Waals surface area contributed by atoms with E-state index in [1.165, 1.54) is 32.1 Å². The van der Waals surface area contributed by atoms with E-state index in [0.717, 1.165) is 18.7 Å². The minimum Gasteiger partial charge on any atom is -0.497 e. The lowest BCUT2D eigenvalue weighted by Gasteiger charge is -2.27. The Hall–Kier alpha value is -1.38. The Morgan fingerprint density at radius 2 is 1.75 bits per heavy atom. The lowest BCUT2D eigenvalue weighted by molar-refractivity contribution is 0.0649. The van der Waals surface area contributed by atoms with Crippen LogP contribution in [0.1, 0.15) is 37.7 Å². The van der Waals surface area contributed by atoms with Crippen LogP contribution >= 0.6 is 0 Å². The molecule has 0 aromatic heterocycles. The summed E-state index contributed by atoms with van der Waals surface area (Å²) < 4.78 is 11.2. The van der Waals surface area contributed by atoms with Gasteiger partial charge in [0.25, 0.3) is 0 Å². The van der Waals surface area contributed by atoms with Gasteiger partial charge in [0.05, 0.1) is 26.4 Å². The summed E-state index contributed by atoms with van der Waals surface area (Å²) in [5, 5.41) is 32.0. The van der Waals surface area contributed by atoms with Crippen molar-refractivity contribution in [2.75, 3.05) is 46.6 Å². The van der Waals surface area contributed by atoms with Gasteiger partial charge >= 0.3 is 0 Å². The first-order chi connectivity index (χ1) is 13.7. The summed E-state index contributed by atoms with van der Waals surface area (Å²) in [6.45, 7) is 3.06. The molecule has 0 aliphatic carbocycles. The van der Waals surface area contributed by atoms with Crippen LogP contribution in [0, 0.1) is 0 Å². The zero-order valence-corrected chi connectivity index (χ0v) is 17.0. The molecule has 7 heteroatoms. The summed E-state index contributed by atoms with van der Waals surface area (Å²) in [4.78, 5) is 2.33. The summed E-state index contributed by atoms with van der Waals surface area (Å²) in [7, 11) is 1.60. The average Bonchev–Trinajstić information content (AvgIpc) is 2.69. The Labute approximate surface area is 168 Å². The monoisotopic (exact) mass is 396 g/mol. The SMILES string of the molecule is COc1ccc(CNC(CO)CO)c(OC[C@@H](O)CN2CCCCCCC2)c1. The molecule has 1 fully saturated rings. The number of β-amino-alcohol motifs (C(OH)–C–C–N with tert-alkyl or cyclic N) is 1. The van der Waals surface area contributed by atoms with E-state index in [2.05, 4.69) is 10.2 Å². The van der Waals surface area contributed by atoms with Gasteiger partial charge in [-0.2, -0.15) is 0 Å². The summed E-state index contributed by atoms with van der Waals surface area (Å²) in [5.41, 5.74) is 0.881. The van der Waals surface area contributed by atoms with Gasteiger partial charge in [-0.15, -0.1) is 0 Å². The van der Waals surface area contributed by atoms with Crippen LogP contribution in [0.25, 0.3) is 0 Å². The number of rotatable bonds is 11. The molecule has 0 bridgehead atoms. The van der Waals surface area contributed by atoms with E-state index in [0.29, 0.717) is 24.6 Å². The molecule has 0 amide bonds. The average molecular weight is 397 g/mol. The van der Waals surface area contributed by atoms with Crippen LogP contribution < -0.4 is 14.8 Å². The van der Waals surface area contributed by atoms with Crippen LogP contribution in [0.2, 0.25) is 0 Å². The zero-order chi connectivity index (χ0) is 20.2. The van der Waals surface area contributed by atoms with Crippen molar-refractivity contribution in [2.24, 2.45) is 0 Å². The molecule has 0 spiro atoms. The second-order valence-electron chi connectivity index (χ2n) is 7.45. The molecule has 4 N–H and O–H groups in total. The lowest BCUT2D eigenvalue weighted by Crippen LogP contribution is -2.37. The number of aliphatic hydroxyl groups excluding tert-OH is 3. The molecule has 1 aromatic rings. The predicted molar refractivity (Wildman–Crippen MR) is 109 cm³/mol. The molecule has 1 aliphatic rings. The van der Waals surface area contributed by atoms with E-state index >= 15 is 0 Å². The van der Waals surface area contributed by atoms with Crippen LogP contribution in [0.4, 0.5) is 0 Å². The first-order valence-electron chi connectivity index (χ1n) is 10.3. The standard InChI is InChI=1S/C21H36N2O5/c1-27-20-8-7-17(12-22-18(14-24)15-25)21(11-20)28-16-19(26)13-23-9-5-3-2-4-6-10-23/h7-8,11,18-19,22,24-26H,2-6,9-10,12-16H2,1H3/t19-/m0/s1. The van der Waals surface area contributed by atoms with Gasteiger partial charge in [-0.05, 0) is 32.0 Å². The van der Waals surface area contributed by atoms with Gasteiger partial charge in [0.15, 0.2) is 0 Å². The maximum absolute atomic E-state index is 10.5. The fourth-order valence-corrected chi connectivity index (χ4v) is 3.42. The van der Waals surface area contributed by atoms with E-state index < -0.39 is 6.10 Å². The van der Waals surface area contributed by atoms with Crippen molar-refractivity contribution in [2.45, 2.75) is 50.8 Å². The summed E-state index contributed by atoms with van der Waals surface area (Å²) in [6.07, 6.45) is 5.68. The molecule has 160 valence electrons. The molecule has 1 saturated heterocycles. The Balaban J connectivity index is 1.90. The van der Waals surface area contributed by atoms with Crippen LogP contribution in [0.3, 0.4) is 0 Å². The van der Waals surface area contributed by atoms with Gasteiger partial charge in [-0.25, -0.2) is 0 Å². The smallest absolute Gasteiger partial charge is 0.127 e. The molecule has 2 rings (SSSR count). The Bertz CT molecular complexity index is 546. The summed E-state index contributed by atoms with van der Waals surface area (Å²) in [6, 6.07) is 5.14. The minimum absolute atomic E-state index is 0.141. The quantitative estimate of drug-likeness (QED) is 0.446. The summed E-state index contributed by atoms with van der Waals surface area (Å²) in [5.74, 6) is 1.31. The molecular formula is C21H36N2O5. The normalized spacial score (nSPS) is 17.2. The van der Waals surface area contributed by atoms with E-state index in [-0.39, 0.29) is 25.9 Å². The molecule has 1 aromatic carbocycles. The van der Waals surface area contributed by atoms with E-state index in [9.17, 15) is 15.3 Å². The Morgan fingerprint density at radius 1 is 1.07 bits per heavy atom. The highest BCUT2D eigenvalue weighted by Gasteiger charge is 2.15. The largest absolute Gasteiger partial charge is 0.497 e. The van der Waals surface area contributed by atoms with Gasteiger partial charge in [-0.1, -0.05) is 25.3 Å². The van der Waals surface area contributed by atoms with Crippen molar-refractivity contribution in [3.05, 3.63) is 23.8 Å². The van der Waals surface area contributed by atoms with Crippen LogP contribution in [0.5, 0.6) is 11.5 Å². The van der Waals surface area contributed by atoms with Crippen LogP contribution in [-0.4, -0.2) is 78.9 Å². The van der Waals surface area contributed by atoms with E-state index in [4.69, 9.17) is 9.47 Å². The number of likely N-dealkylation sites (tertiary alicyclic amines) is 1. The second-order valence-corrected chi connectivity index (χ2v) is 7.45. The van der Waals surface area contributed by atoms with Crippen LogP contribution in [0.15, 0.2) is 18.2 Å². The highest BCUT2D eigenvalue weighted by atomic mass is 16.5. The molecule has 28 heavy (non-hydrogen) atoms. The molecule has 0 unspecified atom stereocenters. The first kappa shape index (κ1) is 22.9. The van der Waals surface area contributed by atoms with Crippen molar-refractivity contribution in [1.82, 2.24) is 10.2 Å². The van der Waals surface area contributed by atoms with Gasteiger partial charge in [0.2, 0.25) is 0 Å². The summed E-state index contributed by atoms with van der Waals surface area (Å²) >= 11 is 0. The van der Waals surface area contributed by atoms with Gasteiger partial charge in [0, 0.05) is 24.7 Å². The topological polar surface area (TPSA) is 94.4 Å². The highest BCUT2D eigenvalue weighted by Crippen LogP contribution is 2.25. The van der Waals surface area contributed by atoms with Gasteiger partial charge in [-0.3, -0.25) is 0 Å². The number of nitrogens with zero attached hydrogens (tertiary/aromatic N) is 1. The van der Waals surface area contributed by atoms with Gasteiger partial charge in [0.1, 0.15) is 24.2 Å². The minimum atomic E-state index is -0.561. The number of methoxy groups -OCH3 is 1. The molecule has 1 heterocycles. The van der Waals surface area contributed by atoms with Crippen molar-refractivity contribution < 1.29 is 24.8 Å². The van der Waals surface area contributed by atoms with E-state index in [1.54, 1.807) is 13.2 Å².